The number of amides is 1. The Hall–Kier alpha value is -2.31. The van der Waals surface area contributed by atoms with E-state index in [0.29, 0.717) is 23.8 Å². The summed E-state index contributed by atoms with van der Waals surface area (Å²) in [6, 6.07) is 7.67. The molecule has 0 aliphatic carbocycles. The van der Waals surface area contributed by atoms with E-state index in [9.17, 15) is 4.79 Å². The van der Waals surface area contributed by atoms with Crippen molar-refractivity contribution < 1.29 is 4.79 Å². The first kappa shape index (κ1) is 17.1. The molecule has 0 radical (unpaired) electrons. The molecule has 0 unspecified atom stereocenters. The van der Waals surface area contributed by atoms with Gasteiger partial charge < -0.3 is 4.90 Å². The van der Waals surface area contributed by atoms with E-state index in [1.54, 1.807) is 18.7 Å². The number of pyridine rings is 1. The maximum absolute atomic E-state index is 12.7. The first-order chi connectivity index (χ1) is 12.7. The highest BCUT2D eigenvalue weighted by molar-refractivity contribution is 7.16. The highest BCUT2D eigenvalue weighted by Crippen LogP contribution is 2.26. The second-order valence-corrected chi connectivity index (χ2v) is 7.95. The van der Waals surface area contributed by atoms with E-state index in [1.165, 1.54) is 11.3 Å². The summed E-state index contributed by atoms with van der Waals surface area (Å²) in [4.78, 5) is 28.6. The largest absolute Gasteiger partial charge is 0.342 e. The van der Waals surface area contributed by atoms with E-state index in [1.807, 2.05) is 29.2 Å². The van der Waals surface area contributed by atoms with Crippen LogP contribution in [-0.4, -0.2) is 38.8 Å². The molecule has 0 saturated heterocycles. The molecule has 0 bridgehead atoms. The first-order valence-electron chi connectivity index (χ1n) is 8.46. The Balaban J connectivity index is 1.53. The molecule has 0 saturated carbocycles. The lowest BCUT2D eigenvalue weighted by molar-refractivity contribution is -0.130. The molecule has 5 nitrogen and oxygen atoms in total. The predicted octanol–water partition coefficient (Wildman–Crippen LogP) is 3.42. The number of aromatic nitrogens is 3. The molecule has 132 valence electrons. The molecule has 1 amide bonds. The fourth-order valence-corrected chi connectivity index (χ4v) is 4.32. The monoisotopic (exact) mass is 384 g/mol. The molecule has 4 rings (SSSR count). The summed E-state index contributed by atoms with van der Waals surface area (Å²) >= 11 is 7.43. The summed E-state index contributed by atoms with van der Waals surface area (Å²) in [5, 5.41) is 0. The maximum atomic E-state index is 12.7. The van der Waals surface area contributed by atoms with Crippen molar-refractivity contribution in [2.75, 3.05) is 13.1 Å². The van der Waals surface area contributed by atoms with Crippen LogP contribution in [0.5, 0.6) is 0 Å². The number of carbonyl (C=O) groups is 1. The zero-order valence-electron chi connectivity index (χ0n) is 14.1. The van der Waals surface area contributed by atoms with Gasteiger partial charge in [0.05, 0.1) is 16.5 Å². The van der Waals surface area contributed by atoms with Gasteiger partial charge in [0.1, 0.15) is 6.33 Å². The van der Waals surface area contributed by atoms with Crippen molar-refractivity contribution in [2.45, 2.75) is 19.3 Å². The molecular formula is C19H17ClN4OS. The van der Waals surface area contributed by atoms with Gasteiger partial charge in [0.15, 0.2) is 0 Å². The minimum Gasteiger partial charge on any atom is -0.342 e. The van der Waals surface area contributed by atoms with Gasteiger partial charge in [-0.05, 0) is 30.7 Å². The summed E-state index contributed by atoms with van der Waals surface area (Å²) in [7, 11) is 0. The van der Waals surface area contributed by atoms with E-state index >= 15 is 0 Å². The summed E-state index contributed by atoms with van der Waals surface area (Å²) < 4.78 is 0.716. The van der Waals surface area contributed by atoms with Gasteiger partial charge in [-0.3, -0.25) is 9.78 Å². The van der Waals surface area contributed by atoms with Crippen molar-refractivity contribution in [1.82, 2.24) is 19.9 Å². The fraction of sp³-hybridized carbons (Fsp3) is 0.263. The maximum Gasteiger partial charge on any atom is 0.227 e. The molecule has 26 heavy (non-hydrogen) atoms. The van der Waals surface area contributed by atoms with E-state index in [4.69, 9.17) is 11.6 Å². The van der Waals surface area contributed by atoms with Crippen LogP contribution in [0.25, 0.3) is 11.3 Å². The molecule has 0 spiro atoms. The molecule has 3 aromatic heterocycles. The number of rotatable bonds is 3. The van der Waals surface area contributed by atoms with E-state index in [0.717, 1.165) is 40.2 Å². The van der Waals surface area contributed by atoms with Crippen LogP contribution < -0.4 is 0 Å². The second-order valence-electron chi connectivity index (χ2n) is 6.15. The molecular weight excluding hydrogens is 368 g/mol. The van der Waals surface area contributed by atoms with Gasteiger partial charge in [0.25, 0.3) is 0 Å². The number of hydrogen-bond donors (Lipinski definition) is 0. The lowest BCUT2D eigenvalue weighted by Crippen LogP contribution is -2.34. The third-order valence-electron chi connectivity index (χ3n) is 4.55. The highest BCUT2D eigenvalue weighted by Gasteiger charge is 2.22. The van der Waals surface area contributed by atoms with Gasteiger partial charge >= 0.3 is 0 Å². The molecule has 3 aromatic rings. The minimum atomic E-state index is 0.134. The van der Waals surface area contributed by atoms with Crippen LogP contribution in [-0.2, 0) is 24.1 Å². The summed E-state index contributed by atoms with van der Waals surface area (Å²) in [6.45, 7) is 1.36. The van der Waals surface area contributed by atoms with E-state index in [-0.39, 0.29) is 5.91 Å². The average Bonchev–Trinajstić information content (AvgIpc) is 2.94. The summed E-state index contributed by atoms with van der Waals surface area (Å²) in [5.41, 5.74) is 4.14. The zero-order chi connectivity index (χ0) is 17.9. The third kappa shape index (κ3) is 3.61. The molecule has 0 fully saturated rings. The Labute approximate surface area is 160 Å². The molecule has 7 heteroatoms. The Morgan fingerprint density at radius 3 is 2.69 bits per heavy atom. The highest BCUT2D eigenvalue weighted by atomic mass is 35.5. The quantitative estimate of drug-likeness (QED) is 0.694. The number of thiophene rings is 1. The van der Waals surface area contributed by atoms with Gasteiger partial charge in [-0.15, -0.1) is 11.3 Å². The average molecular weight is 385 g/mol. The first-order valence-corrected chi connectivity index (χ1v) is 9.65. The van der Waals surface area contributed by atoms with Gasteiger partial charge in [-0.1, -0.05) is 11.6 Å². The van der Waals surface area contributed by atoms with Crippen molar-refractivity contribution in [3.63, 3.8) is 0 Å². The van der Waals surface area contributed by atoms with Crippen LogP contribution in [0.3, 0.4) is 0 Å². The van der Waals surface area contributed by atoms with E-state index < -0.39 is 0 Å². The zero-order valence-corrected chi connectivity index (χ0v) is 15.6. The summed E-state index contributed by atoms with van der Waals surface area (Å²) in [5.74, 6) is 0.134. The third-order valence-corrected chi connectivity index (χ3v) is 5.78. The van der Waals surface area contributed by atoms with Crippen LogP contribution in [0.1, 0.15) is 16.1 Å². The Kier molecular flexibility index (Phi) is 4.95. The van der Waals surface area contributed by atoms with Crippen LogP contribution in [0.4, 0.5) is 0 Å². The molecule has 4 heterocycles. The normalized spacial score (nSPS) is 14.0. The van der Waals surface area contributed by atoms with Crippen molar-refractivity contribution in [2.24, 2.45) is 0 Å². The lowest BCUT2D eigenvalue weighted by atomic mass is 10.0. The number of carbonyl (C=O) groups excluding carboxylic acids is 1. The molecule has 1 aliphatic rings. The topological polar surface area (TPSA) is 59.0 Å². The van der Waals surface area contributed by atoms with Gasteiger partial charge in [-0.2, -0.15) is 0 Å². The lowest BCUT2D eigenvalue weighted by Gasteiger charge is -2.19. The molecule has 0 atom stereocenters. The molecule has 0 aromatic carbocycles. The number of fused-ring (bicyclic) bond motifs is 1. The van der Waals surface area contributed by atoms with Gasteiger partial charge in [0, 0.05) is 53.6 Å². The smallest absolute Gasteiger partial charge is 0.227 e. The van der Waals surface area contributed by atoms with Crippen molar-refractivity contribution in [3.05, 3.63) is 63.5 Å². The standard InChI is InChI=1S/C19H17ClN4OS/c20-17-2-1-14(26-17)11-18(25)24-9-5-15-16(6-10-24)22-12-23-19(15)13-3-7-21-8-4-13/h1-4,7-8,12H,5-6,9-11H2. The predicted molar refractivity (Wildman–Crippen MR) is 102 cm³/mol. The van der Waals surface area contributed by atoms with Gasteiger partial charge in [0.2, 0.25) is 5.91 Å². The minimum absolute atomic E-state index is 0.134. The number of hydrogen-bond acceptors (Lipinski definition) is 5. The van der Waals surface area contributed by atoms with E-state index in [2.05, 4.69) is 15.0 Å². The summed E-state index contributed by atoms with van der Waals surface area (Å²) in [6.07, 6.45) is 7.04. The molecule has 0 N–H and O–H groups in total. The van der Waals surface area contributed by atoms with Crippen LogP contribution in [0.2, 0.25) is 4.34 Å². The number of nitrogens with zero attached hydrogens (tertiary/aromatic N) is 4. The second kappa shape index (κ2) is 7.51. The van der Waals surface area contributed by atoms with Crippen LogP contribution in [0.15, 0.2) is 43.0 Å². The Morgan fingerprint density at radius 1 is 1.12 bits per heavy atom. The van der Waals surface area contributed by atoms with Crippen molar-refractivity contribution >= 4 is 28.8 Å². The van der Waals surface area contributed by atoms with Crippen LogP contribution in [0, 0.1) is 0 Å². The molecule has 1 aliphatic heterocycles. The Morgan fingerprint density at radius 2 is 1.92 bits per heavy atom. The Bertz CT molecular complexity index is 928. The SMILES string of the molecule is O=C(Cc1ccc(Cl)s1)N1CCc2ncnc(-c3ccncc3)c2CC1. The van der Waals surface area contributed by atoms with Crippen molar-refractivity contribution in [1.29, 1.82) is 0 Å². The van der Waals surface area contributed by atoms with Crippen molar-refractivity contribution in [3.8, 4) is 11.3 Å². The van der Waals surface area contributed by atoms with Crippen LogP contribution >= 0.6 is 22.9 Å². The fourth-order valence-electron chi connectivity index (χ4n) is 3.24. The number of halogens is 1. The van der Waals surface area contributed by atoms with Gasteiger partial charge in [-0.25, -0.2) is 9.97 Å².